The van der Waals surface area contributed by atoms with Gasteiger partial charge in [-0.25, -0.2) is 0 Å². The normalized spacial score (nSPS) is 10.5. The lowest BCUT2D eigenvalue weighted by Crippen LogP contribution is -2.09. The Bertz CT molecular complexity index is 923. The highest BCUT2D eigenvalue weighted by Gasteiger charge is 2.18. The van der Waals surface area contributed by atoms with Gasteiger partial charge in [-0.05, 0) is 29.0 Å². The van der Waals surface area contributed by atoms with Crippen LogP contribution in [-0.2, 0) is 0 Å². The maximum absolute atomic E-state index is 12.6. The van der Waals surface area contributed by atoms with E-state index < -0.39 is 5.78 Å². The fraction of sp³-hybridized carbons (Fsp3) is 0.100. The zero-order valence-electron chi connectivity index (χ0n) is 13.2. The summed E-state index contributed by atoms with van der Waals surface area (Å²) in [6, 6.07) is 17.3. The van der Waals surface area contributed by atoms with E-state index in [2.05, 4.69) is 0 Å². The number of hydrogen-bond donors (Lipinski definition) is 1. The number of aromatic hydroxyl groups is 1. The van der Waals surface area contributed by atoms with Crippen LogP contribution < -0.4 is 4.74 Å². The molecule has 0 amide bonds. The summed E-state index contributed by atoms with van der Waals surface area (Å²) in [6.45, 7) is 0. The van der Waals surface area contributed by atoms with E-state index in [0.717, 1.165) is 10.8 Å². The SMILES string of the molecule is COc1ccc(O)c(C(=O)CC(=O)c2cccc3ccccc23)c1. The van der Waals surface area contributed by atoms with Crippen molar-refractivity contribution in [1.82, 2.24) is 0 Å². The van der Waals surface area contributed by atoms with E-state index in [0.29, 0.717) is 11.3 Å². The molecule has 3 aromatic carbocycles. The largest absolute Gasteiger partial charge is 0.507 e. The Hall–Kier alpha value is -3.14. The number of Topliss-reactive ketones (excluding diaryl/α,β-unsaturated/α-hetero) is 2. The number of methoxy groups -OCH3 is 1. The summed E-state index contributed by atoms with van der Waals surface area (Å²) in [7, 11) is 1.47. The molecule has 24 heavy (non-hydrogen) atoms. The fourth-order valence-electron chi connectivity index (χ4n) is 2.67. The second-order valence-electron chi connectivity index (χ2n) is 5.43. The first-order valence-corrected chi connectivity index (χ1v) is 7.51. The van der Waals surface area contributed by atoms with E-state index in [9.17, 15) is 14.7 Å². The zero-order chi connectivity index (χ0) is 17.1. The Kier molecular flexibility index (Phi) is 4.29. The van der Waals surface area contributed by atoms with Crippen molar-refractivity contribution >= 4 is 22.3 Å². The first kappa shape index (κ1) is 15.7. The molecule has 4 nitrogen and oxygen atoms in total. The molecule has 3 aromatic rings. The average molecular weight is 320 g/mol. The molecule has 0 aliphatic rings. The van der Waals surface area contributed by atoms with Crippen LogP contribution in [0, 0.1) is 0 Å². The summed E-state index contributed by atoms with van der Waals surface area (Å²) in [4.78, 5) is 25.0. The van der Waals surface area contributed by atoms with Crippen LogP contribution in [0.3, 0.4) is 0 Å². The molecule has 0 saturated heterocycles. The molecule has 0 bridgehead atoms. The predicted molar refractivity (Wildman–Crippen MR) is 91.9 cm³/mol. The van der Waals surface area contributed by atoms with Gasteiger partial charge in [-0.15, -0.1) is 0 Å². The van der Waals surface area contributed by atoms with Crippen molar-refractivity contribution in [2.24, 2.45) is 0 Å². The minimum absolute atomic E-state index is 0.0861. The summed E-state index contributed by atoms with van der Waals surface area (Å²) in [6.07, 6.45) is -0.311. The number of carbonyl (C=O) groups excluding carboxylic acids is 2. The van der Waals surface area contributed by atoms with E-state index in [1.54, 1.807) is 18.2 Å². The van der Waals surface area contributed by atoms with Gasteiger partial charge in [0, 0.05) is 5.56 Å². The van der Waals surface area contributed by atoms with Crippen LogP contribution in [0.5, 0.6) is 11.5 Å². The minimum Gasteiger partial charge on any atom is -0.507 e. The third-order valence-corrected chi connectivity index (χ3v) is 3.92. The van der Waals surface area contributed by atoms with Crippen molar-refractivity contribution in [3.8, 4) is 11.5 Å². The molecule has 0 aliphatic carbocycles. The molecule has 0 aliphatic heterocycles. The summed E-state index contributed by atoms with van der Waals surface area (Å²) >= 11 is 0. The molecule has 0 aromatic heterocycles. The molecule has 120 valence electrons. The molecular weight excluding hydrogens is 304 g/mol. The number of phenols is 1. The Morgan fingerprint density at radius 3 is 2.42 bits per heavy atom. The number of rotatable bonds is 5. The highest BCUT2D eigenvalue weighted by Crippen LogP contribution is 2.26. The topological polar surface area (TPSA) is 63.6 Å². The number of fused-ring (bicyclic) bond motifs is 1. The van der Waals surface area contributed by atoms with Crippen LogP contribution in [0.1, 0.15) is 27.1 Å². The van der Waals surface area contributed by atoms with Crippen molar-refractivity contribution < 1.29 is 19.4 Å². The second-order valence-corrected chi connectivity index (χ2v) is 5.43. The molecule has 0 atom stereocenters. The Balaban J connectivity index is 1.90. The van der Waals surface area contributed by atoms with Gasteiger partial charge in [-0.1, -0.05) is 42.5 Å². The number of benzene rings is 3. The third kappa shape index (κ3) is 2.99. The molecule has 0 saturated carbocycles. The maximum Gasteiger partial charge on any atom is 0.174 e. The number of ketones is 2. The van der Waals surface area contributed by atoms with Gasteiger partial charge < -0.3 is 9.84 Å². The lowest BCUT2D eigenvalue weighted by molar-refractivity contribution is 0.0893. The first-order valence-electron chi connectivity index (χ1n) is 7.51. The Morgan fingerprint density at radius 1 is 0.917 bits per heavy atom. The van der Waals surface area contributed by atoms with Crippen LogP contribution in [0.15, 0.2) is 60.7 Å². The Morgan fingerprint density at radius 2 is 1.62 bits per heavy atom. The van der Waals surface area contributed by atoms with E-state index in [-0.39, 0.29) is 23.5 Å². The monoisotopic (exact) mass is 320 g/mol. The summed E-state index contributed by atoms with van der Waals surface area (Å²) in [5.74, 6) is -0.427. The number of ether oxygens (including phenoxy) is 1. The van der Waals surface area contributed by atoms with Gasteiger partial charge in [-0.3, -0.25) is 9.59 Å². The van der Waals surface area contributed by atoms with Crippen molar-refractivity contribution in [2.45, 2.75) is 6.42 Å². The summed E-state index contributed by atoms with van der Waals surface area (Å²) in [5, 5.41) is 11.6. The summed E-state index contributed by atoms with van der Waals surface area (Å²) < 4.78 is 5.06. The van der Waals surface area contributed by atoms with Crippen LogP contribution in [0.2, 0.25) is 0 Å². The van der Waals surface area contributed by atoms with E-state index in [4.69, 9.17) is 4.74 Å². The smallest absolute Gasteiger partial charge is 0.174 e. The van der Waals surface area contributed by atoms with E-state index in [1.165, 1.54) is 19.2 Å². The molecule has 4 heteroatoms. The number of carbonyl (C=O) groups is 2. The molecule has 0 heterocycles. The van der Waals surface area contributed by atoms with Gasteiger partial charge in [0.2, 0.25) is 0 Å². The second kappa shape index (κ2) is 6.54. The minimum atomic E-state index is -0.440. The van der Waals surface area contributed by atoms with Gasteiger partial charge in [0.25, 0.3) is 0 Å². The first-order chi connectivity index (χ1) is 11.6. The number of phenolic OH excluding ortho intramolecular Hbond substituents is 1. The molecule has 1 N–H and O–H groups in total. The maximum atomic E-state index is 12.6. The fourth-order valence-corrected chi connectivity index (χ4v) is 2.67. The highest BCUT2D eigenvalue weighted by atomic mass is 16.5. The number of hydrogen-bond acceptors (Lipinski definition) is 4. The molecular formula is C20H16O4. The van der Waals surface area contributed by atoms with Gasteiger partial charge in [0.15, 0.2) is 11.6 Å². The van der Waals surface area contributed by atoms with Crippen LogP contribution >= 0.6 is 0 Å². The van der Waals surface area contributed by atoms with Crippen LogP contribution in [0.4, 0.5) is 0 Å². The lowest BCUT2D eigenvalue weighted by Gasteiger charge is -2.08. The van der Waals surface area contributed by atoms with E-state index in [1.807, 2.05) is 30.3 Å². The van der Waals surface area contributed by atoms with Gasteiger partial charge in [-0.2, -0.15) is 0 Å². The van der Waals surface area contributed by atoms with E-state index >= 15 is 0 Å². The Labute approximate surface area is 139 Å². The lowest BCUT2D eigenvalue weighted by atomic mass is 9.96. The van der Waals surface area contributed by atoms with Crippen molar-refractivity contribution in [3.05, 3.63) is 71.8 Å². The highest BCUT2D eigenvalue weighted by molar-refractivity contribution is 6.18. The molecule has 0 fully saturated rings. The van der Waals surface area contributed by atoms with Gasteiger partial charge in [0.05, 0.1) is 19.1 Å². The van der Waals surface area contributed by atoms with Crippen LogP contribution in [0.25, 0.3) is 10.8 Å². The van der Waals surface area contributed by atoms with Gasteiger partial charge in [0.1, 0.15) is 11.5 Å². The molecule has 3 rings (SSSR count). The predicted octanol–water partition coefficient (Wildman–Crippen LogP) is 4.01. The van der Waals surface area contributed by atoms with Crippen molar-refractivity contribution in [3.63, 3.8) is 0 Å². The van der Waals surface area contributed by atoms with Crippen LogP contribution in [-0.4, -0.2) is 23.8 Å². The zero-order valence-corrected chi connectivity index (χ0v) is 13.2. The van der Waals surface area contributed by atoms with Gasteiger partial charge >= 0.3 is 0 Å². The van der Waals surface area contributed by atoms with Crippen molar-refractivity contribution in [2.75, 3.05) is 7.11 Å². The molecule has 0 spiro atoms. The average Bonchev–Trinajstić information content (AvgIpc) is 2.61. The standard InChI is InChI=1S/C20H16O4/c1-24-14-9-10-18(21)17(11-14)20(23)12-19(22)16-8-4-6-13-5-2-3-7-15(13)16/h2-11,21H,12H2,1H3. The molecule has 0 radical (unpaired) electrons. The summed E-state index contributed by atoms with van der Waals surface area (Å²) in [5.41, 5.74) is 0.590. The van der Waals surface area contributed by atoms with Crippen molar-refractivity contribution in [1.29, 1.82) is 0 Å². The third-order valence-electron chi connectivity index (χ3n) is 3.92. The molecule has 0 unspecified atom stereocenters. The quantitative estimate of drug-likeness (QED) is 0.570.